The zero-order valence-electron chi connectivity index (χ0n) is 12.1. The molecule has 0 radical (unpaired) electrons. The van der Waals surface area contributed by atoms with E-state index in [-0.39, 0.29) is 0 Å². The van der Waals surface area contributed by atoms with Gasteiger partial charge >= 0.3 is 0 Å². The van der Waals surface area contributed by atoms with E-state index >= 15 is 0 Å². The molecule has 0 unspecified atom stereocenters. The quantitative estimate of drug-likeness (QED) is 0.585. The Morgan fingerprint density at radius 2 is 2.00 bits per heavy atom. The Balaban J connectivity index is 1.99. The molecule has 0 fully saturated rings. The number of nitrogens with one attached hydrogen (secondary N) is 2. The number of rotatable bonds is 4. The molecule has 20 heavy (non-hydrogen) atoms. The first-order valence-corrected chi connectivity index (χ1v) is 6.62. The minimum Gasteiger partial charge on any atom is -0.370 e. The molecule has 2 aromatic rings. The van der Waals surface area contributed by atoms with E-state index in [0.29, 0.717) is 18.3 Å². The molecule has 0 aliphatic rings. The van der Waals surface area contributed by atoms with Crippen molar-refractivity contribution < 1.29 is 0 Å². The summed E-state index contributed by atoms with van der Waals surface area (Å²) in [5.41, 5.74) is 9.18. The highest BCUT2D eigenvalue weighted by Gasteiger charge is 2.01. The third-order valence-electron chi connectivity index (χ3n) is 2.79. The molecule has 2 rings (SSSR count). The maximum Gasteiger partial charge on any atom is 0.193 e. The van der Waals surface area contributed by atoms with Crippen molar-refractivity contribution in [2.75, 3.05) is 5.32 Å². The van der Waals surface area contributed by atoms with Crippen molar-refractivity contribution in [2.45, 2.75) is 33.7 Å². The largest absolute Gasteiger partial charge is 0.370 e. The van der Waals surface area contributed by atoms with Gasteiger partial charge in [0, 0.05) is 12.1 Å². The smallest absolute Gasteiger partial charge is 0.193 e. The second-order valence-corrected chi connectivity index (χ2v) is 4.75. The summed E-state index contributed by atoms with van der Waals surface area (Å²) in [5, 5.41) is 9.98. The molecule has 106 valence electrons. The van der Waals surface area contributed by atoms with Crippen LogP contribution in [0.15, 0.2) is 23.2 Å². The van der Waals surface area contributed by atoms with Crippen LogP contribution in [0.4, 0.5) is 5.69 Å². The van der Waals surface area contributed by atoms with Gasteiger partial charge in [0.05, 0.1) is 0 Å². The molecule has 0 spiro atoms. The molecule has 0 atom stereocenters. The van der Waals surface area contributed by atoms with Crippen LogP contribution in [0.1, 0.15) is 29.7 Å². The normalized spacial score (nSPS) is 11.7. The first-order valence-electron chi connectivity index (χ1n) is 6.62. The Morgan fingerprint density at radius 3 is 2.60 bits per heavy atom. The first-order chi connectivity index (χ1) is 9.56. The van der Waals surface area contributed by atoms with Crippen LogP contribution < -0.4 is 11.1 Å². The van der Waals surface area contributed by atoms with Gasteiger partial charge in [0.25, 0.3) is 0 Å². The van der Waals surface area contributed by atoms with Gasteiger partial charge in [0.1, 0.15) is 12.4 Å². The lowest BCUT2D eigenvalue weighted by molar-refractivity contribution is 0.913. The molecule has 0 saturated carbocycles. The molecule has 6 nitrogen and oxygen atoms in total. The average molecular weight is 272 g/mol. The van der Waals surface area contributed by atoms with Gasteiger partial charge in [-0.3, -0.25) is 5.10 Å². The fourth-order valence-electron chi connectivity index (χ4n) is 1.96. The Labute approximate surface area is 118 Å². The van der Waals surface area contributed by atoms with E-state index in [2.05, 4.69) is 31.6 Å². The van der Waals surface area contributed by atoms with Crippen molar-refractivity contribution >= 4 is 11.6 Å². The molecule has 0 aliphatic heterocycles. The fraction of sp³-hybridized carbons (Fsp3) is 0.357. The van der Waals surface area contributed by atoms with Crippen LogP contribution in [0.3, 0.4) is 0 Å². The monoisotopic (exact) mass is 272 g/mol. The highest BCUT2D eigenvalue weighted by atomic mass is 15.2. The van der Waals surface area contributed by atoms with Crippen LogP contribution in [0.2, 0.25) is 0 Å². The summed E-state index contributed by atoms with van der Waals surface area (Å²) in [6, 6.07) is 6.16. The zero-order chi connectivity index (χ0) is 14.5. The van der Waals surface area contributed by atoms with E-state index < -0.39 is 0 Å². The van der Waals surface area contributed by atoms with Gasteiger partial charge in [-0.15, -0.1) is 0 Å². The summed E-state index contributed by atoms with van der Waals surface area (Å²) in [6.45, 7) is 6.49. The van der Waals surface area contributed by atoms with Crippen molar-refractivity contribution in [3.05, 3.63) is 41.0 Å². The topological polar surface area (TPSA) is 92.0 Å². The number of aryl methyl sites for hydroxylation is 3. The highest BCUT2D eigenvalue weighted by Crippen LogP contribution is 2.13. The number of nitrogens with two attached hydrogens (primary N) is 1. The van der Waals surface area contributed by atoms with Crippen LogP contribution in [0, 0.1) is 13.8 Å². The number of aliphatic imine (C=N–C) groups is 1. The SMILES string of the molecule is CCc1n[nH]c(CN=C(N)Nc2cc(C)cc(C)c2)n1. The van der Waals surface area contributed by atoms with Crippen molar-refractivity contribution in [3.8, 4) is 0 Å². The molecular formula is C14H20N6. The number of aromatic amines is 1. The number of nitrogens with zero attached hydrogens (tertiary/aromatic N) is 3. The summed E-state index contributed by atoms with van der Waals surface area (Å²) in [4.78, 5) is 8.53. The maximum absolute atomic E-state index is 5.87. The standard InChI is InChI=1S/C14H20N6/c1-4-12-18-13(20-19-12)8-16-14(15)17-11-6-9(2)5-10(3)7-11/h5-7H,4,8H2,1-3H3,(H3,15,16,17)(H,18,19,20). The minimum atomic E-state index is 0.365. The molecule has 0 amide bonds. The third-order valence-corrected chi connectivity index (χ3v) is 2.79. The zero-order valence-corrected chi connectivity index (χ0v) is 12.1. The van der Waals surface area contributed by atoms with Gasteiger partial charge < -0.3 is 11.1 Å². The summed E-state index contributed by atoms with van der Waals surface area (Å²) < 4.78 is 0. The molecule has 0 bridgehead atoms. The maximum atomic E-state index is 5.87. The summed E-state index contributed by atoms with van der Waals surface area (Å²) in [5.74, 6) is 1.87. The van der Waals surface area contributed by atoms with Crippen LogP contribution in [-0.4, -0.2) is 21.1 Å². The van der Waals surface area contributed by atoms with Gasteiger partial charge in [0.15, 0.2) is 11.8 Å². The number of hydrogen-bond donors (Lipinski definition) is 3. The lowest BCUT2D eigenvalue weighted by Crippen LogP contribution is -2.22. The van der Waals surface area contributed by atoms with E-state index in [4.69, 9.17) is 5.73 Å². The number of aromatic nitrogens is 3. The predicted molar refractivity (Wildman–Crippen MR) is 80.6 cm³/mol. The third kappa shape index (κ3) is 3.81. The summed E-state index contributed by atoms with van der Waals surface area (Å²) in [7, 11) is 0. The van der Waals surface area contributed by atoms with Crippen molar-refractivity contribution in [2.24, 2.45) is 10.7 Å². The molecule has 6 heteroatoms. The van der Waals surface area contributed by atoms with Crippen molar-refractivity contribution in [3.63, 3.8) is 0 Å². The van der Waals surface area contributed by atoms with Crippen molar-refractivity contribution in [1.29, 1.82) is 0 Å². The average Bonchev–Trinajstić information content (AvgIpc) is 2.83. The number of H-pyrrole nitrogens is 1. The van der Waals surface area contributed by atoms with Gasteiger partial charge in [-0.1, -0.05) is 13.0 Å². The van der Waals surface area contributed by atoms with E-state index in [1.807, 2.05) is 32.9 Å². The minimum absolute atomic E-state index is 0.365. The fourth-order valence-corrected chi connectivity index (χ4v) is 1.96. The second kappa shape index (κ2) is 6.18. The number of hydrogen-bond acceptors (Lipinski definition) is 3. The lowest BCUT2D eigenvalue weighted by Gasteiger charge is -2.07. The molecule has 0 saturated heterocycles. The molecule has 1 aromatic heterocycles. The van der Waals surface area contributed by atoms with Gasteiger partial charge in [0.2, 0.25) is 0 Å². The molecule has 1 aromatic carbocycles. The number of benzene rings is 1. The van der Waals surface area contributed by atoms with Crippen LogP contribution in [0.25, 0.3) is 0 Å². The van der Waals surface area contributed by atoms with E-state index in [1.165, 1.54) is 11.1 Å². The number of anilines is 1. The van der Waals surface area contributed by atoms with Crippen molar-refractivity contribution in [1.82, 2.24) is 15.2 Å². The van der Waals surface area contributed by atoms with Crippen LogP contribution in [-0.2, 0) is 13.0 Å². The predicted octanol–water partition coefficient (Wildman–Crippen LogP) is 1.91. The highest BCUT2D eigenvalue weighted by molar-refractivity contribution is 5.92. The Morgan fingerprint density at radius 1 is 1.30 bits per heavy atom. The van der Waals surface area contributed by atoms with Crippen LogP contribution in [0.5, 0.6) is 0 Å². The number of guanidine groups is 1. The van der Waals surface area contributed by atoms with E-state index in [0.717, 1.165) is 17.9 Å². The lowest BCUT2D eigenvalue weighted by atomic mass is 10.1. The van der Waals surface area contributed by atoms with Gasteiger partial charge in [-0.05, 0) is 37.1 Å². The Bertz CT molecular complexity index is 594. The second-order valence-electron chi connectivity index (χ2n) is 4.75. The summed E-state index contributed by atoms with van der Waals surface area (Å²) in [6.07, 6.45) is 0.802. The molecule has 4 N–H and O–H groups in total. The Kier molecular flexibility index (Phi) is 4.34. The molecule has 0 aliphatic carbocycles. The van der Waals surface area contributed by atoms with Gasteiger partial charge in [-0.2, -0.15) is 5.10 Å². The first kappa shape index (κ1) is 14.0. The molecule has 1 heterocycles. The molecular weight excluding hydrogens is 252 g/mol. The van der Waals surface area contributed by atoms with E-state index in [1.54, 1.807) is 0 Å². The van der Waals surface area contributed by atoms with Crippen LogP contribution >= 0.6 is 0 Å². The Hall–Kier alpha value is -2.37. The van der Waals surface area contributed by atoms with Gasteiger partial charge in [-0.25, -0.2) is 9.98 Å². The summed E-state index contributed by atoms with van der Waals surface area (Å²) >= 11 is 0. The van der Waals surface area contributed by atoms with E-state index in [9.17, 15) is 0 Å².